The minimum atomic E-state index is -0.755. The van der Waals surface area contributed by atoms with Crippen molar-refractivity contribution in [3.63, 3.8) is 0 Å². The number of halogens is 2. The molecule has 0 spiro atoms. The predicted octanol–water partition coefficient (Wildman–Crippen LogP) is 3.25. The average molecular weight is 378 g/mol. The zero-order chi connectivity index (χ0) is 18.7. The minimum absolute atomic E-state index is 0.0186. The first-order valence-electron chi connectivity index (χ1n) is 8.22. The molecule has 5 nitrogen and oxygen atoms in total. The molecule has 0 saturated carbocycles. The predicted molar refractivity (Wildman–Crippen MR) is 94.5 cm³/mol. The third kappa shape index (κ3) is 3.46. The Bertz CT molecular complexity index is 825. The summed E-state index contributed by atoms with van der Waals surface area (Å²) < 4.78 is 24.7. The van der Waals surface area contributed by atoms with E-state index in [-0.39, 0.29) is 29.7 Å². The zero-order valence-corrected chi connectivity index (χ0v) is 15.0. The number of carbonyl (C=O) groups excluding carboxylic acids is 2. The van der Waals surface area contributed by atoms with Gasteiger partial charge in [0, 0.05) is 24.3 Å². The van der Waals surface area contributed by atoms with Gasteiger partial charge in [0.15, 0.2) is 0 Å². The van der Waals surface area contributed by atoms with Crippen LogP contribution in [0.2, 0.25) is 5.02 Å². The third-order valence-electron chi connectivity index (χ3n) is 4.27. The van der Waals surface area contributed by atoms with Crippen molar-refractivity contribution in [2.24, 2.45) is 0 Å². The van der Waals surface area contributed by atoms with E-state index in [1.165, 1.54) is 13.2 Å². The lowest BCUT2D eigenvalue weighted by atomic mass is 9.93. The number of carbonyl (C=O) groups is 2. The lowest BCUT2D eigenvalue weighted by Gasteiger charge is -2.17. The second kappa shape index (κ2) is 7.90. The Kier molecular flexibility index (Phi) is 5.60. The van der Waals surface area contributed by atoms with Gasteiger partial charge in [-0.15, -0.1) is 0 Å². The maximum atomic E-state index is 14.4. The highest BCUT2D eigenvalue weighted by Gasteiger charge is 2.41. The van der Waals surface area contributed by atoms with E-state index < -0.39 is 17.6 Å². The largest absolute Gasteiger partial charge is 0.479 e. The van der Waals surface area contributed by atoms with Gasteiger partial charge in [-0.05, 0) is 31.7 Å². The van der Waals surface area contributed by atoms with Crippen LogP contribution < -0.4 is 9.64 Å². The Balaban J connectivity index is 1.87. The van der Waals surface area contributed by atoms with Crippen LogP contribution in [0.1, 0.15) is 25.7 Å². The number of ether oxygens (including phenoxy) is 2. The summed E-state index contributed by atoms with van der Waals surface area (Å²) in [5.41, 5.74) is 0.825. The fourth-order valence-electron chi connectivity index (χ4n) is 3.05. The van der Waals surface area contributed by atoms with E-state index in [0.717, 1.165) is 23.8 Å². The number of hydrogen-bond acceptors (Lipinski definition) is 4. The molecule has 1 aromatic carbocycles. The molecule has 0 atom stereocenters. The maximum Gasteiger partial charge on any atom is 0.261 e. The highest BCUT2D eigenvalue weighted by atomic mass is 35.5. The topological polar surface area (TPSA) is 55.8 Å². The number of amides is 2. The quantitative estimate of drug-likeness (QED) is 0.597. The van der Waals surface area contributed by atoms with Crippen molar-refractivity contribution in [1.29, 1.82) is 0 Å². The van der Waals surface area contributed by atoms with Crippen molar-refractivity contribution in [1.82, 2.24) is 0 Å². The van der Waals surface area contributed by atoms with Gasteiger partial charge in [-0.25, -0.2) is 9.29 Å². The number of methoxy groups -OCH3 is 1. The summed E-state index contributed by atoms with van der Waals surface area (Å²) in [7, 11) is 1.52. The number of imide groups is 1. The van der Waals surface area contributed by atoms with Crippen LogP contribution in [0.5, 0.6) is 5.75 Å². The fourth-order valence-corrected chi connectivity index (χ4v) is 3.25. The van der Waals surface area contributed by atoms with Crippen LogP contribution in [-0.2, 0) is 14.3 Å². The molecule has 0 saturated heterocycles. The molecule has 26 heavy (non-hydrogen) atoms. The lowest BCUT2D eigenvalue weighted by Crippen LogP contribution is -2.32. The van der Waals surface area contributed by atoms with Gasteiger partial charge in [0.1, 0.15) is 24.8 Å². The van der Waals surface area contributed by atoms with Gasteiger partial charge < -0.3 is 9.47 Å². The van der Waals surface area contributed by atoms with Crippen LogP contribution >= 0.6 is 11.6 Å². The molecule has 3 rings (SSSR count). The first-order chi connectivity index (χ1) is 12.5. The van der Waals surface area contributed by atoms with E-state index in [0.29, 0.717) is 24.0 Å². The van der Waals surface area contributed by atoms with Gasteiger partial charge >= 0.3 is 0 Å². The highest BCUT2D eigenvalue weighted by molar-refractivity contribution is 6.34. The minimum Gasteiger partial charge on any atom is -0.479 e. The molecule has 2 amide bonds. The van der Waals surface area contributed by atoms with Gasteiger partial charge in [-0.2, -0.15) is 0 Å². The first-order valence-corrected chi connectivity index (χ1v) is 8.59. The number of benzene rings is 1. The van der Waals surface area contributed by atoms with Crippen molar-refractivity contribution in [2.45, 2.75) is 25.7 Å². The van der Waals surface area contributed by atoms with Crippen LogP contribution in [-0.4, -0.2) is 32.1 Å². The number of hydrogen-bond donors (Lipinski definition) is 0. The zero-order valence-electron chi connectivity index (χ0n) is 14.2. The molecular formula is C19H17ClFNO4. The van der Waals surface area contributed by atoms with E-state index in [1.54, 1.807) is 0 Å². The van der Waals surface area contributed by atoms with Crippen LogP contribution in [0.3, 0.4) is 0 Å². The lowest BCUT2D eigenvalue weighted by molar-refractivity contribution is -0.120. The Morgan fingerprint density at radius 2 is 1.73 bits per heavy atom. The standard InChI is InChI=1S/C19H17ClFNO4/c1-25-8-4-5-9-26-17-11-16(15(21)10-14(17)20)22-18(23)12-6-2-3-7-13(12)19(22)24/h10-11H,2-3,6-9H2,1H3. The van der Waals surface area contributed by atoms with Crippen LogP contribution in [0.4, 0.5) is 10.1 Å². The third-order valence-corrected chi connectivity index (χ3v) is 4.57. The second-order valence-electron chi connectivity index (χ2n) is 5.92. The molecule has 0 N–H and O–H groups in total. The normalized spacial score (nSPS) is 16.5. The van der Waals surface area contributed by atoms with Crippen molar-refractivity contribution >= 4 is 29.1 Å². The summed E-state index contributed by atoms with van der Waals surface area (Å²) in [5, 5.41) is 0.0385. The Hall–Kier alpha value is -2.36. The molecule has 1 aromatic rings. The molecule has 0 bridgehead atoms. The van der Waals surface area contributed by atoms with Crippen LogP contribution in [0, 0.1) is 17.7 Å². The molecule has 7 heteroatoms. The van der Waals surface area contributed by atoms with Crippen molar-refractivity contribution < 1.29 is 23.5 Å². The van der Waals surface area contributed by atoms with Gasteiger partial charge in [0.25, 0.3) is 11.8 Å². The molecule has 2 aliphatic rings. The Labute approximate surface area is 155 Å². The van der Waals surface area contributed by atoms with Gasteiger partial charge in [-0.1, -0.05) is 23.4 Å². The molecule has 0 radical (unpaired) electrons. The van der Waals surface area contributed by atoms with E-state index in [1.807, 2.05) is 0 Å². The monoisotopic (exact) mass is 377 g/mol. The van der Waals surface area contributed by atoms with E-state index >= 15 is 0 Å². The fraction of sp³-hybridized carbons (Fsp3) is 0.368. The molecular weight excluding hydrogens is 361 g/mol. The summed E-state index contributed by atoms with van der Waals surface area (Å²) in [6.07, 6.45) is 2.79. The average Bonchev–Trinajstić information content (AvgIpc) is 2.88. The number of rotatable bonds is 4. The number of nitrogens with zero attached hydrogens (tertiary/aromatic N) is 1. The number of anilines is 1. The molecule has 1 aliphatic carbocycles. The molecule has 0 unspecified atom stereocenters. The van der Waals surface area contributed by atoms with E-state index in [4.69, 9.17) is 21.1 Å². The summed E-state index contributed by atoms with van der Waals surface area (Å²) in [6.45, 7) is 0.282. The Morgan fingerprint density at radius 1 is 1.12 bits per heavy atom. The van der Waals surface area contributed by atoms with Gasteiger partial charge in [0.2, 0.25) is 0 Å². The molecule has 136 valence electrons. The Morgan fingerprint density at radius 3 is 2.35 bits per heavy atom. The van der Waals surface area contributed by atoms with E-state index in [2.05, 4.69) is 11.8 Å². The van der Waals surface area contributed by atoms with Gasteiger partial charge in [-0.3, -0.25) is 9.59 Å². The summed E-state index contributed by atoms with van der Waals surface area (Å²) >= 11 is 6.01. The van der Waals surface area contributed by atoms with Crippen LogP contribution in [0.15, 0.2) is 23.3 Å². The summed E-state index contributed by atoms with van der Waals surface area (Å²) in [6, 6.07) is 2.30. The first kappa shape index (κ1) is 18.4. The molecule has 1 aliphatic heterocycles. The highest BCUT2D eigenvalue weighted by Crippen LogP contribution is 2.39. The second-order valence-corrected chi connectivity index (χ2v) is 6.33. The molecule has 1 heterocycles. The molecule has 0 aromatic heterocycles. The smallest absolute Gasteiger partial charge is 0.261 e. The summed E-state index contributed by atoms with van der Waals surface area (Å²) in [5.74, 6) is 3.91. The van der Waals surface area contributed by atoms with Crippen molar-refractivity contribution in [3.05, 3.63) is 34.1 Å². The van der Waals surface area contributed by atoms with Crippen molar-refractivity contribution in [2.75, 3.05) is 25.2 Å². The van der Waals surface area contributed by atoms with Gasteiger partial charge in [0.05, 0.1) is 10.7 Å². The maximum absolute atomic E-state index is 14.4. The molecule has 0 fully saturated rings. The SMILES string of the molecule is COCC#CCOc1cc(N2C(=O)C3=C(CCCC3)C2=O)c(F)cc1Cl. The van der Waals surface area contributed by atoms with Crippen LogP contribution in [0.25, 0.3) is 0 Å². The van der Waals surface area contributed by atoms with Crippen molar-refractivity contribution in [3.8, 4) is 17.6 Å². The summed E-state index contributed by atoms with van der Waals surface area (Å²) in [4.78, 5) is 26.1. The van der Waals surface area contributed by atoms with E-state index in [9.17, 15) is 14.0 Å².